The highest BCUT2D eigenvalue weighted by Crippen LogP contribution is 2.32. The van der Waals surface area contributed by atoms with Gasteiger partial charge in [-0.2, -0.15) is 0 Å². The van der Waals surface area contributed by atoms with Gasteiger partial charge in [0.25, 0.3) is 0 Å². The standard InChI is InChI=1S/C22H27N3O4/c1-14(25-15(2)26)9-21(27)17-5-6-18(24-11-17)13-29-22-10-19(7-8-20(22)23)28-12-16-3-4-16/h5-8,10-11,14,16H,3-4,9,12-13,23H2,1-2H3,(H,25,26). The van der Waals surface area contributed by atoms with Crippen LogP contribution in [0.1, 0.15) is 49.2 Å². The topological polar surface area (TPSA) is 104 Å². The Morgan fingerprint density at radius 2 is 2.03 bits per heavy atom. The molecule has 1 unspecified atom stereocenters. The van der Waals surface area contributed by atoms with Crippen molar-refractivity contribution in [2.45, 2.75) is 45.8 Å². The number of nitrogens with one attached hydrogen (secondary N) is 1. The largest absolute Gasteiger partial charge is 0.493 e. The van der Waals surface area contributed by atoms with Crippen LogP contribution in [-0.2, 0) is 11.4 Å². The number of ketones is 1. The molecule has 7 nitrogen and oxygen atoms in total. The maximum absolute atomic E-state index is 12.3. The summed E-state index contributed by atoms with van der Waals surface area (Å²) in [5, 5.41) is 2.70. The summed E-state index contributed by atoms with van der Waals surface area (Å²) in [6.45, 7) is 4.18. The highest BCUT2D eigenvalue weighted by Gasteiger charge is 2.22. The second kappa shape index (κ2) is 9.41. The van der Waals surface area contributed by atoms with Crippen molar-refractivity contribution < 1.29 is 19.1 Å². The summed E-state index contributed by atoms with van der Waals surface area (Å²) in [6, 6.07) is 8.64. The number of anilines is 1. The Hall–Kier alpha value is -3.09. The molecule has 3 N–H and O–H groups in total. The van der Waals surface area contributed by atoms with Gasteiger partial charge in [0.2, 0.25) is 5.91 Å². The predicted octanol–water partition coefficient (Wildman–Crippen LogP) is 3.13. The highest BCUT2D eigenvalue weighted by atomic mass is 16.5. The Kier molecular flexibility index (Phi) is 6.69. The summed E-state index contributed by atoms with van der Waals surface area (Å²) in [4.78, 5) is 27.6. The number of carbonyl (C=O) groups excluding carboxylic acids is 2. The molecule has 0 spiro atoms. The minimum Gasteiger partial charge on any atom is -0.493 e. The number of Topliss-reactive ketones (excluding diaryl/α,β-unsaturated/α-hetero) is 1. The first-order valence-electron chi connectivity index (χ1n) is 9.81. The molecule has 0 saturated heterocycles. The third kappa shape index (κ3) is 6.48. The van der Waals surface area contributed by atoms with E-state index in [-0.39, 0.29) is 30.8 Å². The quantitative estimate of drug-likeness (QED) is 0.472. The van der Waals surface area contributed by atoms with Crippen molar-refractivity contribution in [2.75, 3.05) is 12.3 Å². The number of pyridine rings is 1. The van der Waals surface area contributed by atoms with E-state index in [1.54, 1.807) is 31.2 Å². The molecule has 1 saturated carbocycles. The average molecular weight is 397 g/mol. The van der Waals surface area contributed by atoms with Crippen LogP contribution in [0, 0.1) is 5.92 Å². The van der Waals surface area contributed by atoms with E-state index < -0.39 is 0 Å². The second-order valence-corrected chi connectivity index (χ2v) is 7.51. The predicted molar refractivity (Wildman–Crippen MR) is 110 cm³/mol. The number of carbonyl (C=O) groups is 2. The molecule has 1 aliphatic carbocycles. The van der Waals surface area contributed by atoms with E-state index in [1.165, 1.54) is 26.0 Å². The molecule has 2 aromatic rings. The van der Waals surface area contributed by atoms with Crippen molar-refractivity contribution >= 4 is 17.4 Å². The van der Waals surface area contributed by atoms with Crippen LogP contribution < -0.4 is 20.5 Å². The molecule has 7 heteroatoms. The van der Waals surface area contributed by atoms with Crippen LogP contribution in [0.3, 0.4) is 0 Å². The van der Waals surface area contributed by atoms with Crippen LogP contribution in [0.15, 0.2) is 36.5 Å². The second-order valence-electron chi connectivity index (χ2n) is 7.51. The monoisotopic (exact) mass is 397 g/mol. The Balaban J connectivity index is 1.53. The summed E-state index contributed by atoms with van der Waals surface area (Å²) < 4.78 is 11.6. The van der Waals surface area contributed by atoms with E-state index in [0.717, 1.165) is 12.4 Å². The minimum atomic E-state index is -0.222. The summed E-state index contributed by atoms with van der Waals surface area (Å²) in [5.41, 5.74) is 7.70. The number of nitrogens with zero attached hydrogens (tertiary/aromatic N) is 1. The van der Waals surface area contributed by atoms with Gasteiger partial charge in [0.05, 0.1) is 18.0 Å². The van der Waals surface area contributed by atoms with E-state index >= 15 is 0 Å². The molecule has 0 aliphatic heterocycles. The lowest BCUT2D eigenvalue weighted by molar-refractivity contribution is -0.119. The van der Waals surface area contributed by atoms with Crippen molar-refractivity contribution in [3.63, 3.8) is 0 Å². The Labute approximate surface area is 170 Å². The van der Waals surface area contributed by atoms with Gasteiger partial charge in [0.15, 0.2) is 5.78 Å². The third-order valence-electron chi connectivity index (χ3n) is 4.63. The normalized spacial score (nSPS) is 14.1. The van der Waals surface area contributed by atoms with Gasteiger partial charge < -0.3 is 20.5 Å². The van der Waals surface area contributed by atoms with E-state index in [9.17, 15) is 9.59 Å². The van der Waals surface area contributed by atoms with E-state index in [4.69, 9.17) is 15.2 Å². The van der Waals surface area contributed by atoms with Crippen molar-refractivity contribution in [3.8, 4) is 11.5 Å². The maximum atomic E-state index is 12.3. The van der Waals surface area contributed by atoms with E-state index in [2.05, 4.69) is 10.3 Å². The highest BCUT2D eigenvalue weighted by molar-refractivity contribution is 5.96. The molecule has 3 rings (SSSR count). The fourth-order valence-corrected chi connectivity index (χ4v) is 2.85. The molecule has 29 heavy (non-hydrogen) atoms. The van der Waals surface area contributed by atoms with Gasteiger partial charge in [-0.3, -0.25) is 14.6 Å². The molecule has 1 fully saturated rings. The van der Waals surface area contributed by atoms with Crippen LogP contribution in [0.25, 0.3) is 0 Å². The van der Waals surface area contributed by atoms with Gasteiger partial charge in [-0.1, -0.05) is 0 Å². The molecule has 0 bridgehead atoms. The van der Waals surface area contributed by atoms with Crippen LogP contribution in [0.5, 0.6) is 11.5 Å². The first-order chi connectivity index (χ1) is 13.9. The molecule has 1 heterocycles. The zero-order valence-corrected chi connectivity index (χ0v) is 16.8. The molecule has 0 radical (unpaired) electrons. The Bertz CT molecular complexity index is 863. The van der Waals surface area contributed by atoms with Crippen molar-refractivity contribution in [2.24, 2.45) is 5.92 Å². The van der Waals surface area contributed by atoms with Crippen LogP contribution >= 0.6 is 0 Å². The number of aromatic nitrogens is 1. The number of nitrogen functional groups attached to an aromatic ring is 1. The molecular weight excluding hydrogens is 370 g/mol. The van der Waals surface area contributed by atoms with Gasteiger partial charge in [-0.25, -0.2) is 0 Å². The fraction of sp³-hybridized carbons (Fsp3) is 0.409. The summed E-state index contributed by atoms with van der Waals surface area (Å²) in [5.74, 6) is 1.73. The number of hydrogen-bond acceptors (Lipinski definition) is 6. The number of rotatable bonds is 10. The SMILES string of the molecule is CC(=O)NC(C)CC(=O)c1ccc(COc2cc(OCC3CC3)ccc2N)nc1. The van der Waals surface area contributed by atoms with Crippen molar-refractivity contribution in [1.29, 1.82) is 0 Å². The maximum Gasteiger partial charge on any atom is 0.217 e. The zero-order valence-electron chi connectivity index (χ0n) is 16.8. The molecular formula is C22H27N3O4. The van der Waals surface area contributed by atoms with Crippen LogP contribution in [-0.4, -0.2) is 29.3 Å². The van der Waals surface area contributed by atoms with E-state index in [0.29, 0.717) is 28.6 Å². The minimum absolute atomic E-state index is 0.0732. The molecule has 1 amide bonds. The molecule has 1 atom stereocenters. The number of amides is 1. The molecule has 154 valence electrons. The van der Waals surface area contributed by atoms with Gasteiger partial charge in [-0.15, -0.1) is 0 Å². The van der Waals surface area contributed by atoms with Gasteiger partial charge in [0, 0.05) is 37.2 Å². The smallest absolute Gasteiger partial charge is 0.217 e. The lowest BCUT2D eigenvalue weighted by Gasteiger charge is -2.12. The van der Waals surface area contributed by atoms with Crippen molar-refractivity contribution in [1.82, 2.24) is 10.3 Å². The summed E-state index contributed by atoms with van der Waals surface area (Å²) in [7, 11) is 0. The van der Waals surface area contributed by atoms with Gasteiger partial charge in [-0.05, 0) is 49.9 Å². The first-order valence-corrected chi connectivity index (χ1v) is 9.81. The molecule has 1 aromatic carbocycles. The summed E-state index contributed by atoms with van der Waals surface area (Å²) >= 11 is 0. The van der Waals surface area contributed by atoms with Crippen molar-refractivity contribution in [3.05, 3.63) is 47.8 Å². The number of benzene rings is 1. The summed E-state index contributed by atoms with van der Waals surface area (Å²) in [6.07, 6.45) is 4.21. The van der Waals surface area contributed by atoms with Gasteiger partial charge >= 0.3 is 0 Å². The third-order valence-corrected chi connectivity index (χ3v) is 4.63. The number of ether oxygens (including phenoxy) is 2. The Morgan fingerprint density at radius 1 is 1.24 bits per heavy atom. The zero-order chi connectivity index (χ0) is 20.8. The number of hydrogen-bond donors (Lipinski definition) is 2. The first kappa shape index (κ1) is 20.6. The lowest BCUT2D eigenvalue weighted by Crippen LogP contribution is -2.32. The van der Waals surface area contributed by atoms with E-state index in [1.807, 2.05) is 6.07 Å². The average Bonchev–Trinajstić information content (AvgIpc) is 3.50. The van der Waals surface area contributed by atoms with Gasteiger partial charge in [0.1, 0.15) is 18.1 Å². The van der Waals surface area contributed by atoms with Crippen LogP contribution in [0.2, 0.25) is 0 Å². The molecule has 1 aromatic heterocycles. The lowest BCUT2D eigenvalue weighted by atomic mass is 10.1. The fourth-order valence-electron chi connectivity index (χ4n) is 2.85. The number of nitrogens with two attached hydrogens (primary N) is 1. The molecule has 1 aliphatic rings. The Morgan fingerprint density at radius 3 is 2.69 bits per heavy atom. The van der Waals surface area contributed by atoms with Crippen LogP contribution in [0.4, 0.5) is 5.69 Å².